The summed E-state index contributed by atoms with van der Waals surface area (Å²) < 4.78 is 5.29. The summed E-state index contributed by atoms with van der Waals surface area (Å²) in [6.45, 7) is 10.3. The molecule has 1 aromatic carbocycles. The minimum atomic E-state index is 0.0854. The lowest BCUT2D eigenvalue weighted by molar-refractivity contribution is -0.127. The van der Waals surface area contributed by atoms with E-state index in [9.17, 15) is 5.26 Å². The van der Waals surface area contributed by atoms with E-state index in [2.05, 4.69) is 43.9 Å². The summed E-state index contributed by atoms with van der Waals surface area (Å²) >= 11 is 0. The molecule has 3 rings (SSSR count). The molecule has 0 N–H and O–H groups in total. The maximum absolute atomic E-state index is 9.38. The number of hydrogen-bond donors (Lipinski definition) is 0. The molecule has 0 radical (unpaired) electrons. The molecule has 2 aliphatic rings. The van der Waals surface area contributed by atoms with Crippen LogP contribution in [0.15, 0.2) is 18.2 Å². The van der Waals surface area contributed by atoms with E-state index in [4.69, 9.17) is 4.74 Å². The second-order valence-corrected chi connectivity index (χ2v) is 6.94. The summed E-state index contributed by atoms with van der Waals surface area (Å²) in [6.07, 6.45) is 0. The van der Waals surface area contributed by atoms with Crippen molar-refractivity contribution in [3.8, 4) is 6.07 Å². The van der Waals surface area contributed by atoms with Crippen LogP contribution >= 0.6 is 0 Å². The number of nitrogens with zero attached hydrogens (tertiary/aromatic N) is 2. The summed E-state index contributed by atoms with van der Waals surface area (Å²) in [4.78, 5) is 2.30. The zero-order valence-corrected chi connectivity index (χ0v) is 11.9. The summed E-state index contributed by atoms with van der Waals surface area (Å²) in [5.74, 6) is 0. The number of nitriles is 1. The first-order valence-corrected chi connectivity index (χ1v) is 6.81. The molecule has 2 fully saturated rings. The molecule has 100 valence electrons. The minimum absolute atomic E-state index is 0.0854. The van der Waals surface area contributed by atoms with Crippen LogP contribution in [0, 0.1) is 16.7 Å². The molecular weight excluding hydrogens is 236 g/mol. The molecule has 2 aliphatic heterocycles. The normalized spacial score (nSPS) is 20.6. The highest BCUT2D eigenvalue weighted by Crippen LogP contribution is 2.41. The van der Waals surface area contributed by atoms with E-state index < -0.39 is 0 Å². The molecule has 0 atom stereocenters. The second kappa shape index (κ2) is 3.98. The summed E-state index contributed by atoms with van der Waals surface area (Å²) in [7, 11) is 0. The average Bonchev–Trinajstić information content (AvgIpc) is 2.24. The topological polar surface area (TPSA) is 36.3 Å². The summed E-state index contributed by atoms with van der Waals surface area (Å²) in [6, 6.07) is 8.64. The number of benzene rings is 1. The molecule has 0 aromatic heterocycles. The van der Waals surface area contributed by atoms with Gasteiger partial charge in [0.1, 0.15) is 6.07 Å². The fraction of sp³-hybridized carbons (Fsp3) is 0.562. The molecule has 0 saturated carbocycles. The smallest absolute Gasteiger partial charge is 0.101 e. The first-order valence-electron chi connectivity index (χ1n) is 6.81. The second-order valence-electron chi connectivity index (χ2n) is 6.94. The zero-order valence-electron chi connectivity index (χ0n) is 11.9. The van der Waals surface area contributed by atoms with E-state index in [-0.39, 0.29) is 5.41 Å². The standard InChI is InChI=1S/C16H20N2O/c1-15(2,3)13-4-5-14(12(6-13)7-17)18-8-16(9-18)10-19-11-16/h4-6H,8-11H2,1-3H3. The lowest BCUT2D eigenvalue weighted by Gasteiger charge is -2.56. The van der Waals surface area contributed by atoms with Gasteiger partial charge in [-0.3, -0.25) is 0 Å². The molecule has 0 amide bonds. The van der Waals surface area contributed by atoms with Gasteiger partial charge < -0.3 is 9.64 Å². The third kappa shape index (κ3) is 2.01. The fourth-order valence-electron chi connectivity index (χ4n) is 2.87. The van der Waals surface area contributed by atoms with Crippen molar-refractivity contribution in [3.63, 3.8) is 0 Å². The van der Waals surface area contributed by atoms with Gasteiger partial charge in [-0.25, -0.2) is 0 Å². The Morgan fingerprint density at radius 2 is 1.95 bits per heavy atom. The van der Waals surface area contributed by atoms with Crippen molar-refractivity contribution < 1.29 is 4.74 Å². The van der Waals surface area contributed by atoms with Gasteiger partial charge in [0.05, 0.1) is 29.9 Å². The van der Waals surface area contributed by atoms with Crippen LogP contribution in [-0.4, -0.2) is 26.3 Å². The van der Waals surface area contributed by atoms with Crippen LogP contribution in [0.1, 0.15) is 31.9 Å². The zero-order chi connectivity index (χ0) is 13.7. The highest BCUT2D eigenvalue weighted by Gasteiger charge is 2.49. The Labute approximate surface area is 114 Å². The van der Waals surface area contributed by atoms with E-state index in [1.54, 1.807) is 0 Å². The molecule has 0 aliphatic carbocycles. The maximum atomic E-state index is 9.38. The fourth-order valence-corrected chi connectivity index (χ4v) is 2.87. The van der Waals surface area contributed by atoms with Gasteiger partial charge in [-0.05, 0) is 23.1 Å². The maximum Gasteiger partial charge on any atom is 0.101 e. The lowest BCUT2D eigenvalue weighted by Crippen LogP contribution is -2.66. The van der Waals surface area contributed by atoms with Gasteiger partial charge >= 0.3 is 0 Å². The number of hydrogen-bond acceptors (Lipinski definition) is 3. The Morgan fingerprint density at radius 3 is 2.42 bits per heavy atom. The number of anilines is 1. The van der Waals surface area contributed by atoms with Crippen molar-refractivity contribution in [2.75, 3.05) is 31.2 Å². The third-order valence-electron chi connectivity index (χ3n) is 4.19. The van der Waals surface area contributed by atoms with Crippen LogP contribution in [0.3, 0.4) is 0 Å². The van der Waals surface area contributed by atoms with Gasteiger partial charge in [0.15, 0.2) is 0 Å². The largest absolute Gasteiger partial charge is 0.380 e. The first kappa shape index (κ1) is 12.5. The van der Waals surface area contributed by atoms with Gasteiger partial charge in [-0.2, -0.15) is 5.26 Å². The Bertz CT molecular complexity index is 539. The van der Waals surface area contributed by atoms with E-state index >= 15 is 0 Å². The summed E-state index contributed by atoms with van der Waals surface area (Å²) in [5, 5.41) is 9.38. The monoisotopic (exact) mass is 256 g/mol. The van der Waals surface area contributed by atoms with E-state index in [1.165, 1.54) is 5.56 Å². The number of rotatable bonds is 1. The Hall–Kier alpha value is -1.53. The predicted octanol–water partition coefficient (Wildman–Crippen LogP) is 2.69. The van der Waals surface area contributed by atoms with Gasteiger partial charge in [-0.1, -0.05) is 26.8 Å². The van der Waals surface area contributed by atoms with Crippen molar-refractivity contribution in [2.45, 2.75) is 26.2 Å². The molecule has 19 heavy (non-hydrogen) atoms. The van der Waals surface area contributed by atoms with Gasteiger partial charge in [0.25, 0.3) is 0 Å². The highest BCUT2D eigenvalue weighted by atomic mass is 16.5. The molecule has 3 heteroatoms. The van der Waals surface area contributed by atoms with Gasteiger partial charge in [0.2, 0.25) is 0 Å². The molecule has 0 unspecified atom stereocenters. The van der Waals surface area contributed by atoms with Crippen molar-refractivity contribution in [1.82, 2.24) is 0 Å². The highest BCUT2D eigenvalue weighted by molar-refractivity contribution is 5.63. The van der Waals surface area contributed by atoms with E-state index in [0.717, 1.165) is 37.6 Å². The van der Waals surface area contributed by atoms with Gasteiger partial charge in [-0.15, -0.1) is 0 Å². The van der Waals surface area contributed by atoms with Crippen molar-refractivity contribution >= 4 is 5.69 Å². The van der Waals surface area contributed by atoms with Crippen LogP contribution < -0.4 is 4.90 Å². The molecule has 2 heterocycles. The molecule has 1 spiro atoms. The van der Waals surface area contributed by atoms with E-state index in [0.29, 0.717) is 5.41 Å². The van der Waals surface area contributed by atoms with E-state index in [1.807, 2.05) is 6.07 Å². The van der Waals surface area contributed by atoms with Crippen molar-refractivity contribution in [3.05, 3.63) is 29.3 Å². The quantitative estimate of drug-likeness (QED) is 0.775. The molecule has 0 bridgehead atoms. The third-order valence-corrected chi connectivity index (χ3v) is 4.19. The SMILES string of the molecule is CC(C)(C)c1ccc(N2CC3(COC3)C2)c(C#N)c1. The van der Waals surface area contributed by atoms with Crippen LogP contribution in [0.25, 0.3) is 0 Å². The summed E-state index contributed by atoms with van der Waals surface area (Å²) in [5.41, 5.74) is 3.56. The van der Waals surface area contributed by atoms with Crippen molar-refractivity contribution in [1.29, 1.82) is 5.26 Å². The first-order chi connectivity index (χ1) is 8.93. The molecule has 1 aromatic rings. The Balaban J connectivity index is 1.85. The van der Waals surface area contributed by atoms with Gasteiger partial charge in [0, 0.05) is 13.1 Å². The van der Waals surface area contributed by atoms with Crippen LogP contribution in [-0.2, 0) is 10.2 Å². The predicted molar refractivity (Wildman–Crippen MR) is 75.3 cm³/mol. The molecule has 3 nitrogen and oxygen atoms in total. The Morgan fingerprint density at radius 1 is 1.26 bits per heavy atom. The van der Waals surface area contributed by atoms with Crippen LogP contribution in [0.2, 0.25) is 0 Å². The van der Waals surface area contributed by atoms with Crippen LogP contribution in [0.5, 0.6) is 0 Å². The average molecular weight is 256 g/mol. The van der Waals surface area contributed by atoms with Crippen molar-refractivity contribution in [2.24, 2.45) is 5.41 Å². The van der Waals surface area contributed by atoms with Crippen LogP contribution in [0.4, 0.5) is 5.69 Å². The molecule has 2 saturated heterocycles. The molecular formula is C16H20N2O. The Kier molecular flexibility index (Phi) is 2.62. The minimum Gasteiger partial charge on any atom is -0.380 e. The lowest BCUT2D eigenvalue weighted by atomic mass is 9.77. The number of ether oxygens (including phenoxy) is 1.